The summed E-state index contributed by atoms with van der Waals surface area (Å²) < 4.78 is 18.1. The van der Waals surface area contributed by atoms with Crippen molar-refractivity contribution in [2.75, 3.05) is 45.3 Å². The highest BCUT2D eigenvalue weighted by Gasteiger charge is 2.18. The quantitative estimate of drug-likeness (QED) is 0.167. The van der Waals surface area contributed by atoms with E-state index in [1.807, 2.05) is 30.3 Å². The molecule has 4 aromatic rings. The molecule has 0 aliphatic carbocycles. The molecule has 8 heteroatoms. The van der Waals surface area contributed by atoms with Crippen LogP contribution in [0.1, 0.15) is 45.6 Å². The summed E-state index contributed by atoms with van der Waals surface area (Å²) >= 11 is 6.65. The van der Waals surface area contributed by atoms with Crippen LogP contribution in [0.5, 0.6) is 23.0 Å². The van der Waals surface area contributed by atoms with Gasteiger partial charge in [-0.05, 0) is 85.6 Å². The van der Waals surface area contributed by atoms with Gasteiger partial charge in [0.25, 0.3) is 0 Å². The maximum atomic E-state index is 9.35. The molecule has 2 N–H and O–H groups in total. The Labute approximate surface area is 259 Å². The van der Waals surface area contributed by atoms with Gasteiger partial charge >= 0.3 is 0 Å². The van der Waals surface area contributed by atoms with Crippen LogP contribution in [0.25, 0.3) is 10.9 Å². The molecule has 43 heavy (non-hydrogen) atoms. The second-order valence-corrected chi connectivity index (χ2v) is 12.6. The molecule has 0 unspecified atom stereocenters. The average molecular weight is 604 g/mol. The fourth-order valence-electron chi connectivity index (χ4n) is 5.35. The molecule has 0 atom stereocenters. The fourth-order valence-corrected chi connectivity index (χ4v) is 5.57. The van der Waals surface area contributed by atoms with Crippen molar-refractivity contribution in [3.8, 4) is 23.0 Å². The van der Waals surface area contributed by atoms with Gasteiger partial charge in [-0.3, -0.25) is 4.98 Å². The van der Waals surface area contributed by atoms with E-state index in [9.17, 15) is 5.11 Å². The third-order valence-electron chi connectivity index (χ3n) is 8.03. The zero-order chi connectivity index (χ0) is 30.4. The van der Waals surface area contributed by atoms with Gasteiger partial charge in [-0.2, -0.15) is 0 Å². The number of halogens is 1. The molecule has 1 aliphatic rings. The van der Waals surface area contributed by atoms with E-state index in [1.165, 1.54) is 5.56 Å². The predicted molar refractivity (Wildman–Crippen MR) is 175 cm³/mol. The predicted octanol–water partition coefficient (Wildman–Crippen LogP) is 8.20. The summed E-state index contributed by atoms with van der Waals surface area (Å²) in [5, 5.41) is 14.1. The van der Waals surface area contributed by atoms with Crippen LogP contribution in [0.2, 0.25) is 5.02 Å². The van der Waals surface area contributed by atoms with Crippen LogP contribution in [0.3, 0.4) is 0 Å². The third kappa shape index (κ3) is 7.91. The minimum absolute atomic E-state index is 0.102. The van der Waals surface area contributed by atoms with Crippen molar-refractivity contribution in [2.24, 2.45) is 5.92 Å². The van der Waals surface area contributed by atoms with E-state index in [0.717, 1.165) is 61.2 Å². The summed E-state index contributed by atoms with van der Waals surface area (Å²) in [7, 11) is 1.64. The highest BCUT2D eigenvalue weighted by Crippen LogP contribution is 2.38. The summed E-state index contributed by atoms with van der Waals surface area (Å²) in [4.78, 5) is 7.00. The van der Waals surface area contributed by atoms with E-state index in [1.54, 1.807) is 19.4 Å². The van der Waals surface area contributed by atoms with Crippen LogP contribution in [0.15, 0.2) is 66.9 Å². The number of methoxy groups -OCH3 is 1. The number of piperidine rings is 1. The number of aliphatic hydroxyl groups excluding tert-OH is 1. The Morgan fingerprint density at radius 3 is 2.42 bits per heavy atom. The second kappa shape index (κ2) is 13.8. The summed E-state index contributed by atoms with van der Waals surface area (Å²) in [5.74, 6) is 3.01. The van der Waals surface area contributed by atoms with Crippen molar-refractivity contribution in [3.63, 3.8) is 0 Å². The molecular formula is C35H42ClN3O4. The molecule has 0 bridgehead atoms. The summed E-state index contributed by atoms with van der Waals surface area (Å²) in [6, 6.07) is 19.7. The molecule has 1 fully saturated rings. The number of aliphatic hydroxyl groups is 1. The Hall–Kier alpha value is -3.52. The molecule has 5 rings (SSSR count). The Balaban J connectivity index is 1.23. The molecular weight excluding hydrogens is 562 g/mol. The number of hydrogen-bond acceptors (Lipinski definition) is 7. The number of likely N-dealkylation sites (tertiary alicyclic amines) is 1. The normalized spacial score (nSPS) is 14.6. The fraction of sp³-hybridized carbons (Fsp3) is 0.400. The third-order valence-corrected chi connectivity index (χ3v) is 8.34. The lowest BCUT2D eigenvalue weighted by Crippen LogP contribution is -2.35. The van der Waals surface area contributed by atoms with Gasteiger partial charge in [0.2, 0.25) is 0 Å². The van der Waals surface area contributed by atoms with Crippen molar-refractivity contribution in [1.29, 1.82) is 0 Å². The van der Waals surface area contributed by atoms with Gasteiger partial charge in [-0.15, -0.1) is 0 Å². The Bertz CT molecular complexity index is 1510. The first-order valence-electron chi connectivity index (χ1n) is 15.0. The van der Waals surface area contributed by atoms with Crippen molar-refractivity contribution in [2.45, 2.75) is 45.4 Å². The van der Waals surface area contributed by atoms with Crippen LogP contribution in [-0.4, -0.2) is 54.9 Å². The van der Waals surface area contributed by atoms with E-state index >= 15 is 0 Å². The highest BCUT2D eigenvalue weighted by molar-refractivity contribution is 6.33. The second-order valence-electron chi connectivity index (χ2n) is 12.2. The monoisotopic (exact) mass is 603 g/mol. The summed E-state index contributed by atoms with van der Waals surface area (Å²) in [6.07, 6.45) is 4.76. The van der Waals surface area contributed by atoms with E-state index in [-0.39, 0.29) is 5.41 Å². The number of rotatable bonds is 11. The van der Waals surface area contributed by atoms with Gasteiger partial charge in [-0.1, -0.05) is 44.5 Å². The van der Waals surface area contributed by atoms with Gasteiger partial charge in [0.15, 0.2) is 11.5 Å². The number of nitrogens with zero attached hydrogens (tertiary/aromatic N) is 2. The van der Waals surface area contributed by atoms with Crippen LogP contribution in [0, 0.1) is 5.92 Å². The van der Waals surface area contributed by atoms with E-state index in [2.05, 4.69) is 60.2 Å². The van der Waals surface area contributed by atoms with Crippen LogP contribution in [0.4, 0.5) is 11.4 Å². The molecule has 1 saturated heterocycles. The lowest BCUT2D eigenvalue weighted by atomic mass is 9.87. The molecule has 2 heterocycles. The van der Waals surface area contributed by atoms with E-state index < -0.39 is 0 Å². The standard InChI is InChI=1S/C35H42ClN3O4/c1-35(2,3)25-6-8-26(9-7-25)38-30-11-10-27(20-29(30)36)43-32-12-15-37-31-22-34(33(41-4)21-28(31)32)42-19-5-16-39-17-13-24(23-40)14-18-39/h6-12,15,20-22,24,38,40H,5,13-14,16-19,23H2,1-4H3. The van der Waals surface area contributed by atoms with Gasteiger partial charge in [0.05, 0.1) is 29.9 Å². The van der Waals surface area contributed by atoms with Gasteiger partial charge in [0, 0.05) is 42.6 Å². The first-order valence-corrected chi connectivity index (χ1v) is 15.4. The highest BCUT2D eigenvalue weighted by atomic mass is 35.5. The van der Waals surface area contributed by atoms with Gasteiger partial charge in [-0.25, -0.2) is 0 Å². The molecule has 228 valence electrons. The average Bonchev–Trinajstić information content (AvgIpc) is 3.00. The lowest BCUT2D eigenvalue weighted by molar-refractivity contribution is 0.126. The molecule has 1 aromatic heterocycles. The number of aromatic nitrogens is 1. The smallest absolute Gasteiger partial charge is 0.163 e. The van der Waals surface area contributed by atoms with Crippen LogP contribution in [-0.2, 0) is 5.41 Å². The summed E-state index contributed by atoms with van der Waals surface area (Å²) in [6.45, 7) is 10.5. The molecule has 0 saturated carbocycles. The molecule has 1 aliphatic heterocycles. The molecule has 0 amide bonds. The Morgan fingerprint density at radius 1 is 0.977 bits per heavy atom. The van der Waals surface area contributed by atoms with Crippen LogP contribution < -0.4 is 19.5 Å². The molecule has 7 nitrogen and oxygen atoms in total. The lowest BCUT2D eigenvalue weighted by Gasteiger charge is -2.30. The van der Waals surface area contributed by atoms with Gasteiger partial charge < -0.3 is 29.5 Å². The van der Waals surface area contributed by atoms with E-state index in [0.29, 0.717) is 47.2 Å². The topological polar surface area (TPSA) is 76.1 Å². The maximum absolute atomic E-state index is 9.35. The van der Waals surface area contributed by atoms with Crippen molar-refractivity contribution in [1.82, 2.24) is 9.88 Å². The largest absolute Gasteiger partial charge is 0.493 e. The number of pyridine rings is 1. The number of ether oxygens (including phenoxy) is 3. The zero-order valence-corrected chi connectivity index (χ0v) is 26.3. The maximum Gasteiger partial charge on any atom is 0.163 e. The van der Waals surface area contributed by atoms with Crippen molar-refractivity contribution in [3.05, 3.63) is 77.4 Å². The van der Waals surface area contributed by atoms with E-state index in [4.69, 9.17) is 25.8 Å². The Kier molecular flexibility index (Phi) is 9.96. The van der Waals surface area contributed by atoms with Gasteiger partial charge in [0.1, 0.15) is 11.5 Å². The molecule has 0 spiro atoms. The Morgan fingerprint density at radius 2 is 1.74 bits per heavy atom. The molecule has 0 radical (unpaired) electrons. The minimum Gasteiger partial charge on any atom is -0.493 e. The zero-order valence-electron chi connectivity index (χ0n) is 25.5. The van der Waals surface area contributed by atoms with Crippen LogP contribution >= 0.6 is 11.6 Å². The number of hydrogen-bond donors (Lipinski definition) is 2. The minimum atomic E-state index is 0.102. The number of benzene rings is 3. The SMILES string of the molecule is COc1cc2c(Oc3ccc(Nc4ccc(C(C)(C)C)cc4)c(Cl)c3)ccnc2cc1OCCCN1CCC(CO)CC1. The number of fused-ring (bicyclic) bond motifs is 1. The summed E-state index contributed by atoms with van der Waals surface area (Å²) in [5.41, 5.74) is 3.90. The number of anilines is 2. The van der Waals surface area contributed by atoms with Crippen molar-refractivity contribution >= 4 is 33.9 Å². The first kappa shape index (κ1) is 30.9. The number of nitrogens with one attached hydrogen (secondary N) is 1. The van der Waals surface area contributed by atoms with Crippen molar-refractivity contribution < 1.29 is 19.3 Å². The molecule has 3 aromatic carbocycles. The first-order chi connectivity index (χ1) is 20.7.